The van der Waals surface area contributed by atoms with Crippen LogP contribution < -0.4 is 16.0 Å². The van der Waals surface area contributed by atoms with Crippen LogP contribution in [0.1, 0.15) is 54.7 Å². The van der Waals surface area contributed by atoms with Crippen molar-refractivity contribution in [2.24, 2.45) is 0 Å². The van der Waals surface area contributed by atoms with Gasteiger partial charge in [-0.25, -0.2) is 18.4 Å². The molecule has 0 saturated carbocycles. The maximum absolute atomic E-state index is 13.9. The molecule has 0 aromatic heterocycles. The molecule has 0 saturated heterocycles. The first-order valence-electron chi connectivity index (χ1n) is 13.0. The van der Waals surface area contributed by atoms with E-state index in [1.54, 1.807) is 20.8 Å². The van der Waals surface area contributed by atoms with Gasteiger partial charge in [-0.2, -0.15) is 0 Å². The summed E-state index contributed by atoms with van der Waals surface area (Å²) in [4.78, 5) is 38.5. The number of hydrogen-bond acceptors (Lipinski definition) is 4. The van der Waals surface area contributed by atoms with Crippen molar-refractivity contribution in [3.63, 3.8) is 0 Å². The lowest BCUT2D eigenvalue weighted by Crippen LogP contribution is -2.50. The van der Waals surface area contributed by atoms with E-state index in [-0.39, 0.29) is 16.8 Å². The van der Waals surface area contributed by atoms with E-state index in [2.05, 4.69) is 16.0 Å². The number of hydrogen-bond donors (Lipinski definition) is 4. The van der Waals surface area contributed by atoms with Gasteiger partial charge in [0.2, 0.25) is 0 Å². The van der Waals surface area contributed by atoms with Crippen LogP contribution in [0.4, 0.5) is 25.0 Å². The predicted octanol–water partition coefficient (Wildman–Crippen LogP) is 6.59. The molecule has 41 heavy (non-hydrogen) atoms. The van der Waals surface area contributed by atoms with Gasteiger partial charge in [-0.05, 0) is 95.0 Å². The van der Waals surface area contributed by atoms with E-state index in [1.165, 1.54) is 25.1 Å². The molecule has 0 fully saturated rings. The zero-order chi connectivity index (χ0) is 30.6. The summed E-state index contributed by atoms with van der Waals surface area (Å²) in [5, 5.41) is 17.7. The second-order valence-corrected chi connectivity index (χ2v) is 11.0. The molecule has 218 valence electrons. The van der Waals surface area contributed by atoms with Crippen LogP contribution in [0.15, 0.2) is 48.5 Å². The first-order valence-corrected chi connectivity index (χ1v) is 13.0. The lowest BCUT2D eigenvalue weighted by Gasteiger charge is -2.29. The van der Waals surface area contributed by atoms with Crippen LogP contribution in [0.3, 0.4) is 0 Å². The summed E-state index contributed by atoms with van der Waals surface area (Å²) < 4.78 is 33.6. The van der Waals surface area contributed by atoms with Crippen molar-refractivity contribution in [1.82, 2.24) is 5.32 Å². The first kappa shape index (κ1) is 31.2. The standard InChI is InChI=1S/C31H35F2N3O5/c1-16-10-17(2)26(18(3)11-16)36-30(40)34-25-14-20(21-12-22(32)15-23(33)13-21)8-9-24(25)28(37)35-27(29(38)39)19(4)41-31(5,6)7/h8-15,19,27H,1-7H3,(H,35,37)(H,38,39)(H2,34,36,40)/t19?,27-/m0/s1. The summed E-state index contributed by atoms with van der Waals surface area (Å²) in [5.74, 6) is -3.69. The van der Waals surface area contributed by atoms with Crippen molar-refractivity contribution in [3.8, 4) is 11.1 Å². The number of carbonyl (C=O) groups is 3. The molecule has 2 atom stereocenters. The molecule has 3 rings (SSSR count). The fourth-order valence-electron chi connectivity index (χ4n) is 4.61. The third kappa shape index (κ3) is 8.34. The van der Waals surface area contributed by atoms with Gasteiger partial charge >= 0.3 is 12.0 Å². The number of amides is 3. The minimum Gasteiger partial charge on any atom is -0.480 e. The number of aryl methyl sites for hydroxylation is 3. The fourth-order valence-corrected chi connectivity index (χ4v) is 4.61. The van der Waals surface area contributed by atoms with Crippen molar-refractivity contribution in [2.45, 2.75) is 66.2 Å². The molecule has 1 unspecified atom stereocenters. The Kier molecular flexibility index (Phi) is 9.49. The number of benzene rings is 3. The monoisotopic (exact) mass is 567 g/mol. The highest BCUT2D eigenvalue weighted by molar-refractivity contribution is 6.08. The van der Waals surface area contributed by atoms with E-state index >= 15 is 0 Å². The third-order valence-corrected chi connectivity index (χ3v) is 6.19. The van der Waals surface area contributed by atoms with Gasteiger partial charge in [-0.3, -0.25) is 4.79 Å². The molecule has 10 heteroatoms. The van der Waals surface area contributed by atoms with Gasteiger partial charge in [0.15, 0.2) is 6.04 Å². The summed E-state index contributed by atoms with van der Waals surface area (Å²) >= 11 is 0. The molecule has 0 radical (unpaired) electrons. The van der Waals surface area contributed by atoms with Crippen molar-refractivity contribution in [3.05, 3.63) is 82.4 Å². The Bertz CT molecular complexity index is 1440. The predicted molar refractivity (Wildman–Crippen MR) is 154 cm³/mol. The number of carboxylic acids is 1. The lowest BCUT2D eigenvalue weighted by atomic mass is 10.0. The highest BCUT2D eigenvalue weighted by Gasteiger charge is 2.31. The lowest BCUT2D eigenvalue weighted by molar-refractivity contribution is -0.146. The molecule has 3 aromatic carbocycles. The number of anilines is 2. The maximum Gasteiger partial charge on any atom is 0.328 e. The zero-order valence-corrected chi connectivity index (χ0v) is 24.1. The molecule has 0 spiro atoms. The van der Waals surface area contributed by atoms with Crippen molar-refractivity contribution >= 4 is 29.3 Å². The Morgan fingerprint density at radius 3 is 1.98 bits per heavy atom. The number of nitrogens with one attached hydrogen (secondary N) is 3. The maximum atomic E-state index is 13.9. The molecule has 3 amide bonds. The zero-order valence-electron chi connectivity index (χ0n) is 24.1. The third-order valence-electron chi connectivity index (χ3n) is 6.19. The average Bonchev–Trinajstić information content (AvgIpc) is 2.82. The van der Waals surface area contributed by atoms with E-state index in [0.29, 0.717) is 11.3 Å². The normalized spacial score (nSPS) is 12.8. The summed E-state index contributed by atoms with van der Waals surface area (Å²) in [7, 11) is 0. The minimum absolute atomic E-state index is 0.00174. The number of rotatable bonds is 8. The number of carboxylic acid groups (broad SMARTS) is 1. The Balaban J connectivity index is 2.00. The van der Waals surface area contributed by atoms with Gasteiger partial charge in [0.05, 0.1) is 23.0 Å². The van der Waals surface area contributed by atoms with Gasteiger partial charge in [0.25, 0.3) is 5.91 Å². The van der Waals surface area contributed by atoms with Gasteiger partial charge in [0.1, 0.15) is 11.6 Å². The second kappa shape index (κ2) is 12.5. The largest absolute Gasteiger partial charge is 0.480 e. The summed E-state index contributed by atoms with van der Waals surface area (Å²) in [6.45, 7) is 12.4. The average molecular weight is 568 g/mol. The molecule has 3 aromatic rings. The first-order chi connectivity index (χ1) is 19.0. The minimum atomic E-state index is -1.40. The van der Waals surface area contributed by atoms with E-state index in [1.807, 2.05) is 32.9 Å². The van der Waals surface area contributed by atoms with Crippen LogP contribution >= 0.6 is 0 Å². The molecule has 0 aliphatic heterocycles. The molecular formula is C31H35F2N3O5. The van der Waals surface area contributed by atoms with Crippen molar-refractivity contribution in [2.75, 3.05) is 10.6 Å². The topological polar surface area (TPSA) is 117 Å². The van der Waals surface area contributed by atoms with Crippen LogP contribution in [0.25, 0.3) is 11.1 Å². The number of carbonyl (C=O) groups excluding carboxylic acids is 2. The Labute approximate surface area is 238 Å². The van der Waals surface area contributed by atoms with E-state index in [0.717, 1.165) is 34.9 Å². The number of ether oxygens (including phenoxy) is 1. The molecule has 0 aliphatic carbocycles. The summed E-state index contributed by atoms with van der Waals surface area (Å²) in [6, 6.07) is 8.90. The van der Waals surface area contributed by atoms with Gasteiger partial charge in [0, 0.05) is 11.8 Å². The Hall–Kier alpha value is -4.31. The molecular weight excluding hydrogens is 532 g/mol. The molecule has 0 heterocycles. The highest BCUT2D eigenvalue weighted by atomic mass is 19.1. The SMILES string of the molecule is Cc1cc(C)c(NC(=O)Nc2cc(-c3cc(F)cc(F)c3)ccc2C(=O)N[C@H](C(=O)O)C(C)OC(C)(C)C)c(C)c1. The second-order valence-electron chi connectivity index (χ2n) is 11.0. The van der Waals surface area contributed by atoms with Crippen LogP contribution in [0.5, 0.6) is 0 Å². The molecule has 4 N–H and O–H groups in total. The highest BCUT2D eigenvalue weighted by Crippen LogP contribution is 2.29. The van der Waals surface area contributed by atoms with Crippen LogP contribution in [-0.4, -0.2) is 40.8 Å². The van der Waals surface area contributed by atoms with Gasteiger partial charge < -0.3 is 25.8 Å². The molecule has 0 aliphatic rings. The number of aliphatic carboxylic acids is 1. The van der Waals surface area contributed by atoms with Crippen LogP contribution in [0.2, 0.25) is 0 Å². The smallest absolute Gasteiger partial charge is 0.328 e. The van der Waals surface area contributed by atoms with Crippen molar-refractivity contribution < 1.29 is 33.0 Å². The quantitative estimate of drug-likeness (QED) is 0.245. The van der Waals surface area contributed by atoms with E-state index in [9.17, 15) is 28.3 Å². The van der Waals surface area contributed by atoms with Crippen molar-refractivity contribution in [1.29, 1.82) is 0 Å². The Morgan fingerprint density at radius 2 is 1.44 bits per heavy atom. The number of urea groups is 1. The fraction of sp³-hybridized carbons (Fsp3) is 0.323. The Morgan fingerprint density at radius 1 is 0.854 bits per heavy atom. The molecule has 8 nitrogen and oxygen atoms in total. The van der Waals surface area contributed by atoms with Gasteiger partial charge in [-0.1, -0.05) is 23.8 Å². The van der Waals surface area contributed by atoms with Crippen LogP contribution in [-0.2, 0) is 9.53 Å². The van der Waals surface area contributed by atoms with E-state index in [4.69, 9.17) is 4.74 Å². The summed E-state index contributed by atoms with van der Waals surface area (Å²) in [5.41, 5.74) is 3.03. The van der Waals surface area contributed by atoms with Gasteiger partial charge in [-0.15, -0.1) is 0 Å². The van der Waals surface area contributed by atoms with Crippen LogP contribution in [0, 0.1) is 32.4 Å². The summed E-state index contributed by atoms with van der Waals surface area (Å²) in [6.07, 6.45) is -0.891. The number of halogens is 2. The van der Waals surface area contributed by atoms with E-state index < -0.39 is 47.3 Å². The molecule has 0 bridgehead atoms.